The molecule has 0 spiro atoms. The molecule has 2 saturated heterocycles. The number of hydrogen-bond acceptors (Lipinski definition) is 6. The molecular formula is C17H34N4O3. The highest BCUT2D eigenvalue weighted by Crippen LogP contribution is 2.06. The third-order valence-electron chi connectivity index (χ3n) is 4.39. The van der Waals surface area contributed by atoms with Crippen molar-refractivity contribution in [2.75, 3.05) is 72.1 Å². The van der Waals surface area contributed by atoms with Crippen LogP contribution < -0.4 is 5.32 Å². The van der Waals surface area contributed by atoms with Crippen molar-refractivity contribution < 1.29 is 14.6 Å². The first-order valence-corrected chi connectivity index (χ1v) is 9.06. The quantitative estimate of drug-likeness (QED) is 0.660. The standard InChI is InChI=1S/C17H34N4O3/c1-17(2,3)18-16(23)14-20-6-4-19(5-7-20)12-15(22)13-21-8-10-24-11-9-21/h15,22H,4-14H2,1-3H3,(H,18,23)/t15-/m1/s1. The van der Waals surface area contributed by atoms with Gasteiger partial charge in [0, 0.05) is 57.9 Å². The Morgan fingerprint density at radius 3 is 2.04 bits per heavy atom. The Kier molecular flexibility index (Phi) is 7.43. The smallest absolute Gasteiger partial charge is 0.234 e. The average molecular weight is 342 g/mol. The molecule has 2 aliphatic heterocycles. The van der Waals surface area contributed by atoms with E-state index in [0.29, 0.717) is 13.1 Å². The van der Waals surface area contributed by atoms with Crippen LogP contribution in [0.3, 0.4) is 0 Å². The summed E-state index contributed by atoms with van der Waals surface area (Å²) < 4.78 is 5.33. The maximum atomic E-state index is 12.0. The van der Waals surface area contributed by atoms with Crippen molar-refractivity contribution in [3.63, 3.8) is 0 Å². The molecule has 0 aromatic rings. The number of hydrogen-bond donors (Lipinski definition) is 2. The van der Waals surface area contributed by atoms with Crippen molar-refractivity contribution in [2.24, 2.45) is 0 Å². The predicted octanol–water partition coefficient (Wildman–Crippen LogP) is -0.788. The molecule has 0 radical (unpaired) electrons. The number of β-amino-alcohol motifs (C(OH)–C–C–N with tert-alkyl or cyclic N) is 1. The number of morpholine rings is 1. The minimum atomic E-state index is -0.321. The number of nitrogens with one attached hydrogen (secondary N) is 1. The monoisotopic (exact) mass is 342 g/mol. The van der Waals surface area contributed by atoms with Crippen molar-refractivity contribution >= 4 is 5.91 Å². The molecule has 0 saturated carbocycles. The number of nitrogens with zero attached hydrogens (tertiary/aromatic N) is 3. The van der Waals surface area contributed by atoms with E-state index in [1.807, 2.05) is 20.8 Å². The maximum Gasteiger partial charge on any atom is 0.234 e. The van der Waals surface area contributed by atoms with Crippen LogP contribution in [-0.4, -0.2) is 109 Å². The highest BCUT2D eigenvalue weighted by Gasteiger charge is 2.23. The summed E-state index contributed by atoms with van der Waals surface area (Å²) in [5.41, 5.74) is -0.178. The van der Waals surface area contributed by atoms with E-state index in [1.54, 1.807) is 0 Å². The van der Waals surface area contributed by atoms with E-state index in [4.69, 9.17) is 4.74 Å². The van der Waals surface area contributed by atoms with Crippen LogP contribution in [0.2, 0.25) is 0 Å². The van der Waals surface area contributed by atoms with Crippen LogP contribution in [0.25, 0.3) is 0 Å². The van der Waals surface area contributed by atoms with Crippen molar-refractivity contribution in [1.82, 2.24) is 20.0 Å². The van der Waals surface area contributed by atoms with Crippen LogP contribution in [0.1, 0.15) is 20.8 Å². The number of piperazine rings is 1. The minimum Gasteiger partial charge on any atom is -0.390 e. The fourth-order valence-corrected chi connectivity index (χ4v) is 3.23. The molecule has 0 bridgehead atoms. The summed E-state index contributed by atoms with van der Waals surface area (Å²) in [6, 6.07) is 0. The zero-order chi connectivity index (χ0) is 17.6. The lowest BCUT2D eigenvalue weighted by Gasteiger charge is -2.36. The Morgan fingerprint density at radius 1 is 1.00 bits per heavy atom. The van der Waals surface area contributed by atoms with Crippen LogP contribution >= 0.6 is 0 Å². The highest BCUT2D eigenvalue weighted by molar-refractivity contribution is 5.78. The van der Waals surface area contributed by atoms with Gasteiger partial charge in [0.05, 0.1) is 25.9 Å². The van der Waals surface area contributed by atoms with Gasteiger partial charge < -0.3 is 15.2 Å². The van der Waals surface area contributed by atoms with E-state index in [9.17, 15) is 9.90 Å². The van der Waals surface area contributed by atoms with Gasteiger partial charge in [-0.3, -0.25) is 19.5 Å². The molecule has 2 fully saturated rings. The van der Waals surface area contributed by atoms with Crippen molar-refractivity contribution in [2.45, 2.75) is 32.4 Å². The number of aliphatic hydroxyl groups is 1. The van der Waals surface area contributed by atoms with Crippen LogP contribution in [0.5, 0.6) is 0 Å². The van der Waals surface area contributed by atoms with E-state index in [2.05, 4.69) is 20.0 Å². The highest BCUT2D eigenvalue weighted by atomic mass is 16.5. The zero-order valence-electron chi connectivity index (χ0n) is 15.5. The number of amides is 1. The Bertz CT molecular complexity index is 386. The molecule has 2 heterocycles. The second-order valence-corrected chi connectivity index (χ2v) is 7.94. The molecule has 2 rings (SSSR count). The minimum absolute atomic E-state index is 0.0864. The fourth-order valence-electron chi connectivity index (χ4n) is 3.23. The molecule has 1 amide bonds. The normalized spacial score (nSPS) is 23.2. The lowest BCUT2D eigenvalue weighted by atomic mass is 10.1. The van der Waals surface area contributed by atoms with E-state index in [1.165, 1.54) is 0 Å². The summed E-state index contributed by atoms with van der Waals surface area (Å²) >= 11 is 0. The molecule has 7 heteroatoms. The van der Waals surface area contributed by atoms with Gasteiger partial charge in [-0.15, -0.1) is 0 Å². The van der Waals surface area contributed by atoms with Crippen molar-refractivity contribution in [3.05, 3.63) is 0 Å². The Morgan fingerprint density at radius 2 is 1.50 bits per heavy atom. The van der Waals surface area contributed by atoms with Crippen LogP contribution in [0.4, 0.5) is 0 Å². The first-order chi connectivity index (χ1) is 11.3. The number of carbonyl (C=O) groups is 1. The molecule has 7 nitrogen and oxygen atoms in total. The number of ether oxygens (including phenoxy) is 1. The third kappa shape index (κ3) is 7.44. The SMILES string of the molecule is CC(C)(C)NC(=O)CN1CCN(C[C@@H](O)CN2CCOCC2)CC1. The van der Waals surface area contributed by atoms with Crippen molar-refractivity contribution in [3.8, 4) is 0 Å². The molecule has 2 aliphatic rings. The summed E-state index contributed by atoms with van der Waals surface area (Å²) in [5, 5.41) is 13.3. The lowest BCUT2D eigenvalue weighted by Crippen LogP contribution is -2.53. The van der Waals surface area contributed by atoms with Gasteiger partial charge in [0.2, 0.25) is 5.91 Å². The number of aliphatic hydroxyl groups excluding tert-OH is 1. The van der Waals surface area contributed by atoms with Gasteiger partial charge in [-0.05, 0) is 20.8 Å². The van der Waals surface area contributed by atoms with Crippen molar-refractivity contribution in [1.29, 1.82) is 0 Å². The number of carbonyl (C=O) groups excluding carboxylic acids is 1. The molecule has 0 aromatic carbocycles. The van der Waals surface area contributed by atoms with Crippen LogP contribution in [0.15, 0.2) is 0 Å². The average Bonchev–Trinajstić information content (AvgIpc) is 2.48. The fraction of sp³-hybridized carbons (Fsp3) is 0.941. The van der Waals surface area contributed by atoms with E-state index in [-0.39, 0.29) is 17.6 Å². The van der Waals surface area contributed by atoms with E-state index >= 15 is 0 Å². The molecule has 140 valence electrons. The lowest BCUT2D eigenvalue weighted by molar-refractivity contribution is -0.124. The maximum absolute atomic E-state index is 12.0. The third-order valence-corrected chi connectivity index (χ3v) is 4.39. The van der Waals surface area contributed by atoms with E-state index in [0.717, 1.165) is 59.0 Å². The van der Waals surface area contributed by atoms with Crippen LogP contribution in [0, 0.1) is 0 Å². The van der Waals surface area contributed by atoms with Gasteiger partial charge in [-0.1, -0.05) is 0 Å². The zero-order valence-corrected chi connectivity index (χ0v) is 15.5. The van der Waals surface area contributed by atoms with Gasteiger partial charge in [0.25, 0.3) is 0 Å². The van der Waals surface area contributed by atoms with Gasteiger partial charge in [-0.2, -0.15) is 0 Å². The van der Waals surface area contributed by atoms with Gasteiger partial charge in [-0.25, -0.2) is 0 Å². The summed E-state index contributed by atoms with van der Waals surface area (Å²) in [7, 11) is 0. The van der Waals surface area contributed by atoms with E-state index < -0.39 is 0 Å². The topological polar surface area (TPSA) is 68.3 Å². The first-order valence-electron chi connectivity index (χ1n) is 9.06. The van der Waals surface area contributed by atoms with Gasteiger partial charge >= 0.3 is 0 Å². The molecule has 0 aromatic heterocycles. The molecule has 24 heavy (non-hydrogen) atoms. The summed E-state index contributed by atoms with van der Waals surface area (Å²) in [5.74, 6) is 0.0864. The first kappa shape index (κ1) is 19.6. The van der Waals surface area contributed by atoms with Gasteiger partial charge in [0.15, 0.2) is 0 Å². The second-order valence-electron chi connectivity index (χ2n) is 7.94. The van der Waals surface area contributed by atoms with Crippen LogP contribution in [-0.2, 0) is 9.53 Å². The molecule has 0 aliphatic carbocycles. The summed E-state index contributed by atoms with van der Waals surface area (Å²) in [6.07, 6.45) is -0.321. The summed E-state index contributed by atoms with van der Waals surface area (Å²) in [4.78, 5) is 18.7. The Balaban J connectivity index is 1.62. The Hall–Kier alpha value is -0.730. The largest absolute Gasteiger partial charge is 0.390 e. The summed E-state index contributed by atoms with van der Waals surface area (Å²) in [6.45, 7) is 14.8. The second kappa shape index (κ2) is 9.10. The molecular weight excluding hydrogens is 308 g/mol. The molecule has 0 unspecified atom stereocenters. The number of rotatable bonds is 6. The Labute approximate surface area is 145 Å². The van der Waals surface area contributed by atoms with Gasteiger partial charge in [0.1, 0.15) is 0 Å². The molecule has 2 N–H and O–H groups in total. The predicted molar refractivity (Wildman–Crippen MR) is 94.0 cm³/mol. The molecule has 1 atom stereocenters.